The Balaban J connectivity index is 1.76. The van der Waals surface area contributed by atoms with Crippen LogP contribution in [0.2, 0.25) is 0 Å². The average Bonchev–Trinajstić information content (AvgIpc) is 2.78. The zero-order valence-corrected chi connectivity index (χ0v) is 15.8. The molecule has 25 heavy (non-hydrogen) atoms. The number of ether oxygens (including phenoxy) is 1. The van der Waals surface area contributed by atoms with E-state index in [4.69, 9.17) is 14.0 Å². The van der Waals surface area contributed by atoms with Gasteiger partial charge in [0.2, 0.25) is 0 Å². The number of benzene rings is 1. The van der Waals surface area contributed by atoms with Crippen molar-refractivity contribution >= 4 is 12.6 Å². The maximum atomic E-state index is 9.54. The fourth-order valence-corrected chi connectivity index (χ4v) is 3.15. The summed E-state index contributed by atoms with van der Waals surface area (Å²) in [7, 11) is 1.66. The van der Waals surface area contributed by atoms with Gasteiger partial charge < -0.3 is 18.9 Å². The van der Waals surface area contributed by atoms with Crippen LogP contribution in [-0.2, 0) is 9.31 Å². The van der Waals surface area contributed by atoms with E-state index >= 15 is 0 Å². The number of likely N-dealkylation sites (tertiary alicyclic amines) is 1. The van der Waals surface area contributed by atoms with Crippen molar-refractivity contribution in [2.75, 3.05) is 20.1 Å². The second kappa shape index (κ2) is 6.64. The molecule has 0 bridgehead atoms. The Kier molecular flexibility index (Phi) is 4.85. The van der Waals surface area contributed by atoms with Crippen molar-refractivity contribution in [2.45, 2.75) is 57.8 Å². The highest BCUT2D eigenvalue weighted by molar-refractivity contribution is 6.62. The molecule has 2 saturated heterocycles. The molecule has 0 radical (unpaired) electrons. The molecule has 1 aromatic carbocycles. The molecule has 2 aliphatic rings. The van der Waals surface area contributed by atoms with E-state index in [1.165, 1.54) is 0 Å². The van der Waals surface area contributed by atoms with Gasteiger partial charge in [-0.3, -0.25) is 0 Å². The lowest BCUT2D eigenvalue weighted by molar-refractivity contribution is 0.00578. The summed E-state index contributed by atoms with van der Waals surface area (Å²) >= 11 is 0. The van der Waals surface area contributed by atoms with Gasteiger partial charge in [-0.25, -0.2) is 0 Å². The molecular formula is C19H27BN2O3. The first kappa shape index (κ1) is 18.3. The molecule has 2 fully saturated rings. The quantitative estimate of drug-likeness (QED) is 0.789. The highest BCUT2D eigenvalue weighted by Gasteiger charge is 2.51. The monoisotopic (exact) mass is 342 g/mol. The zero-order valence-electron chi connectivity index (χ0n) is 15.8. The van der Waals surface area contributed by atoms with Gasteiger partial charge in [0.1, 0.15) is 17.9 Å². The lowest BCUT2D eigenvalue weighted by atomic mass is 9.78. The van der Waals surface area contributed by atoms with Crippen LogP contribution in [0.3, 0.4) is 0 Å². The predicted molar refractivity (Wildman–Crippen MR) is 98.0 cm³/mol. The minimum atomic E-state index is -0.463. The molecule has 0 amide bonds. The lowest BCUT2D eigenvalue weighted by Crippen LogP contribution is -2.41. The normalized spacial score (nSPS) is 23.4. The van der Waals surface area contributed by atoms with Crippen LogP contribution in [0.5, 0.6) is 5.75 Å². The van der Waals surface area contributed by atoms with Gasteiger partial charge in [-0.1, -0.05) is 6.07 Å². The summed E-state index contributed by atoms with van der Waals surface area (Å²) < 4.78 is 18.2. The fraction of sp³-hybridized carbons (Fsp3) is 0.632. The summed E-state index contributed by atoms with van der Waals surface area (Å²) in [5, 5.41) is 9.54. The number of hydrogen-bond acceptors (Lipinski definition) is 5. The van der Waals surface area contributed by atoms with Gasteiger partial charge in [0.25, 0.3) is 0 Å². The van der Waals surface area contributed by atoms with Crippen molar-refractivity contribution < 1.29 is 14.0 Å². The molecule has 6 heteroatoms. The van der Waals surface area contributed by atoms with Crippen molar-refractivity contribution in [2.24, 2.45) is 0 Å². The molecule has 2 heterocycles. The van der Waals surface area contributed by atoms with Gasteiger partial charge in [0, 0.05) is 13.1 Å². The Morgan fingerprint density at radius 1 is 1.16 bits per heavy atom. The number of piperidine rings is 1. The van der Waals surface area contributed by atoms with Gasteiger partial charge in [-0.05, 0) is 65.2 Å². The summed E-state index contributed by atoms with van der Waals surface area (Å²) in [5.41, 5.74) is 0.596. The minimum absolute atomic E-state index is 0.172. The minimum Gasteiger partial charge on any atom is -0.489 e. The number of nitriles is 1. The third kappa shape index (κ3) is 3.69. The first-order valence-electron chi connectivity index (χ1n) is 8.97. The van der Waals surface area contributed by atoms with Gasteiger partial charge in [0.15, 0.2) is 0 Å². The van der Waals surface area contributed by atoms with Crippen LogP contribution in [0.25, 0.3) is 0 Å². The summed E-state index contributed by atoms with van der Waals surface area (Å²) in [5.74, 6) is 0.650. The van der Waals surface area contributed by atoms with Crippen LogP contribution in [0, 0.1) is 11.3 Å². The first-order valence-corrected chi connectivity index (χ1v) is 8.97. The van der Waals surface area contributed by atoms with Crippen LogP contribution >= 0.6 is 0 Å². The molecule has 134 valence electrons. The van der Waals surface area contributed by atoms with Crippen molar-refractivity contribution in [3.63, 3.8) is 0 Å². The molecular weight excluding hydrogens is 315 g/mol. The van der Waals surface area contributed by atoms with E-state index in [0.29, 0.717) is 11.3 Å². The van der Waals surface area contributed by atoms with Gasteiger partial charge in [-0.2, -0.15) is 5.26 Å². The average molecular weight is 342 g/mol. The Labute approximate surface area is 151 Å². The highest BCUT2D eigenvalue weighted by Crippen LogP contribution is 2.36. The van der Waals surface area contributed by atoms with E-state index in [9.17, 15) is 5.26 Å². The van der Waals surface area contributed by atoms with Gasteiger partial charge >= 0.3 is 7.12 Å². The molecule has 0 spiro atoms. The zero-order chi connectivity index (χ0) is 18.2. The molecule has 3 rings (SSSR count). The first-order chi connectivity index (χ1) is 11.7. The molecule has 0 aromatic heterocycles. The van der Waals surface area contributed by atoms with Crippen LogP contribution in [0.15, 0.2) is 18.2 Å². The maximum Gasteiger partial charge on any atom is 0.494 e. The second-order valence-corrected chi connectivity index (χ2v) is 8.08. The fourth-order valence-electron chi connectivity index (χ4n) is 3.15. The summed E-state index contributed by atoms with van der Waals surface area (Å²) in [6.07, 6.45) is 2.15. The van der Waals surface area contributed by atoms with Crippen molar-refractivity contribution in [1.82, 2.24) is 4.90 Å². The number of rotatable bonds is 3. The van der Waals surface area contributed by atoms with E-state index in [1.807, 2.05) is 45.9 Å². The Hall–Kier alpha value is -1.55. The van der Waals surface area contributed by atoms with Crippen LogP contribution in [0.1, 0.15) is 46.1 Å². The highest BCUT2D eigenvalue weighted by atomic mass is 16.7. The van der Waals surface area contributed by atoms with E-state index in [-0.39, 0.29) is 6.10 Å². The molecule has 2 aliphatic heterocycles. The largest absolute Gasteiger partial charge is 0.494 e. The maximum absolute atomic E-state index is 9.54. The van der Waals surface area contributed by atoms with E-state index in [2.05, 4.69) is 18.0 Å². The molecule has 0 atom stereocenters. The van der Waals surface area contributed by atoms with Gasteiger partial charge in [0.05, 0.1) is 16.8 Å². The standard InChI is InChI=1S/C19H27BN2O3/c1-18(2)19(3,4)25-20(24-18)15-6-7-17(14(12-15)13-21)23-16-8-10-22(5)11-9-16/h6-7,12,16H,8-11H2,1-5H3. The Morgan fingerprint density at radius 3 is 2.32 bits per heavy atom. The van der Waals surface area contributed by atoms with Crippen LogP contribution < -0.4 is 10.2 Å². The molecule has 0 unspecified atom stereocenters. The van der Waals surface area contributed by atoms with Crippen molar-refractivity contribution in [1.29, 1.82) is 5.26 Å². The van der Waals surface area contributed by atoms with Crippen LogP contribution in [-0.4, -0.2) is 49.5 Å². The van der Waals surface area contributed by atoms with E-state index < -0.39 is 18.3 Å². The molecule has 0 aliphatic carbocycles. The number of hydrogen-bond donors (Lipinski definition) is 0. The lowest BCUT2D eigenvalue weighted by Gasteiger charge is -2.32. The van der Waals surface area contributed by atoms with Gasteiger partial charge in [-0.15, -0.1) is 0 Å². The Bertz CT molecular complexity index is 660. The van der Waals surface area contributed by atoms with E-state index in [1.54, 1.807) is 0 Å². The Morgan fingerprint density at radius 2 is 1.76 bits per heavy atom. The SMILES string of the molecule is CN1CCC(Oc2ccc(B3OC(C)(C)C(C)(C)O3)cc2C#N)CC1. The second-order valence-electron chi connectivity index (χ2n) is 8.08. The topological polar surface area (TPSA) is 54.7 Å². The predicted octanol–water partition coefficient (Wildman–Crippen LogP) is 2.33. The molecule has 1 aromatic rings. The van der Waals surface area contributed by atoms with Crippen molar-refractivity contribution in [3.8, 4) is 11.8 Å². The third-order valence-electron chi connectivity index (χ3n) is 5.61. The third-order valence-corrected chi connectivity index (χ3v) is 5.61. The summed E-state index contributed by atoms with van der Waals surface area (Å²) in [4.78, 5) is 2.30. The molecule has 0 N–H and O–H groups in total. The van der Waals surface area contributed by atoms with Crippen LogP contribution in [0.4, 0.5) is 0 Å². The van der Waals surface area contributed by atoms with E-state index in [0.717, 1.165) is 31.4 Å². The molecule has 0 saturated carbocycles. The summed E-state index contributed by atoms with van der Waals surface area (Å²) in [6, 6.07) is 7.89. The number of nitrogens with zero attached hydrogens (tertiary/aromatic N) is 2. The summed E-state index contributed by atoms with van der Waals surface area (Å²) in [6.45, 7) is 10.1. The van der Waals surface area contributed by atoms with Crippen molar-refractivity contribution in [3.05, 3.63) is 23.8 Å². The molecule has 5 nitrogen and oxygen atoms in total. The smallest absolute Gasteiger partial charge is 0.489 e.